The molecular weight excluding hydrogens is 322 g/mol. The van der Waals surface area contributed by atoms with Crippen LogP contribution in [0, 0.1) is 0 Å². The Morgan fingerprint density at radius 1 is 1.21 bits per heavy atom. The zero-order chi connectivity index (χ0) is 16.5. The third-order valence-electron chi connectivity index (χ3n) is 3.80. The fourth-order valence-corrected chi connectivity index (χ4v) is 3.27. The Balaban J connectivity index is 1.81. The van der Waals surface area contributed by atoms with E-state index in [2.05, 4.69) is 9.97 Å². The average Bonchev–Trinajstić information content (AvgIpc) is 3.30. The third kappa shape index (κ3) is 2.53. The number of imidazole rings is 1. The molecule has 0 saturated heterocycles. The molecule has 4 rings (SSSR count). The molecular formula is C17H15N5OS. The van der Waals surface area contributed by atoms with Gasteiger partial charge in [-0.1, -0.05) is 6.07 Å². The number of rotatable bonds is 4. The van der Waals surface area contributed by atoms with Gasteiger partial charge in [-0.15, -0.1) is 11.3 Å². The van der Waals surface area contributed by atoms with Gasteiger partial charge in [-0.25, -0.2) is 9.50 Å². The summed E-state index contributed by atoms with van der Waals surface area (Å²) in [6.07, 6.45) is 5.21. The number of hydrogen-bond acceptors (Lipinski definition) is 6. The molecule has 4 heterocycles. The molecule has 2 N–H and O–H groups in total. The minimum absolute atomic E-state index is 0.256. The molecule has 120 valence electrons. The Labute approximate surface area is 142 Å². The van der Waals surface area contributed by atoms with Crippen LogP contribution in [0.15, 0.2) is 54.3 Å². The minimum Gasteiger partial charge on any atom is -0.495 e. The van der Waals surface area contributed by atoms with Crippen LogP contribution in [0.1, 0.15) is 16.6 Å². The topological polar surface area (TPSA) is 78.3 Å². The molecule has 0 spiro atoms. The van der Waals surface area contributed by atoms with Gasteiger partial charge in [0.15, 0.2) is 5.65 Å². The quantitative estimate of drug-likeness (QED) is 0.619. The molecule has 7 heteroatoms. The van der Waals surface area contributed by atoms with Crippen molar-refractivity contribution in [2.75, 3.05) is 7.11 Å². The largest absolute Gasteiger partial charge is 0.495 e. The standard InChI is InChI=1S/C17H15N5OS/c1-23-12-7-11(8-19-9-12)14-10-20-16-5-4-13(21-22(14)16)17(18)15-3-2-6-24-15/h2-10,17H,18H2,1H3. The van der Waals surface area contributed by atoms with Crippen LogP contribution in [-0.4, -0.2) is 26.7 Å². The van der Waals surface area contributed by atoms with Gasteiger partial charge in [0.1, 0.15) is 5.75 Å². The predicted octanol–water partition coefficient (Wildman–Crippen LogP) is 2.91. The summed E-state index contributed by atoms with van der Waals surface area (Å²) in [4.78, 5) is 9.68. The lowest BCUT2D eigenvalue weighted by molar-refractivity contribution is 0.413. The number of methoxy groups -OCH3 is 1. The molecule has 4 aromatic rings. The van der Waals surface area contributed by atoms with Gasteiger partial charge in [-0.3, -0.25) is 4.98 Å². The highest BCUT2D eigenvalue weighted by molar-refractivity contribution is 7.10. The van der Waals surface area contributed by atoms with Crippen molar-refractivity contribution < 1.29 is 4.74 Å². The van der Waals surface area contributed by atoms with Crippen molar-refractivity contribution >= 4 is 17.0 Å². The van der Waals surface area contributed by atoms with E-state index in [0.29, 0.717) is 5.75 Å². The van der Waals surface area contributed by atoms with Crippen molar-refractivity contribution in [3.63, 3.8) is 0 Å². The SMILES string of the molecule is COc1cncc(-c2cnc3ccc(C(N)c4cccs4)nn23)c1. The van der Waals surface area contributed by atoms with E-state index in [4.69, 9.17) is 15.6 Å². The summed E-state index contributed by atoms with van der Waals surface area (Å²) in [7, 11) is 1.62. The van der Waals surface area contributed by atoms with Crippen molar-refractivity contribution in [2.24, 2.45) is 5.73 Å². The molecule has 6 nitrogen and oxygen atoms in total. The van der Waals surface area contributed by atoms with Crippen molar-refractivity contribution in [1.82, 2.24) is 19.6 Å². The van der Waals surface area contributed by atoms with E-state index < -0.39 is 0 Å². The molecule has 0 aliphatic heterocycles. The number of hydrogen-bond donors (Lipinski definition) is 1. The van der Waals surface area contributed by atoms with Crippen molar-refractivity contribution in [2.45, 2.75) is 6.04 Å². The lowest BCUT2D eigenvalue weighted by Crippen LogP contribution is -2.14. The molecule has 0 saturated carbocycles. The number of nitrogens with zero attached hydrogens (tertiary/aromatic N) is 4. The first-order valence-corrected chi connectivity index (χ1v) is 8.27. The Kier molecular flexibility index (Phi) is 3.72. The molecule has 0 aromatic carbocycles. The molecule has 1 unspecified atom stereocenters. The number of thiophene rings is 1. The van der Waals surface area contributed by atoms with E-state index in [1.807, 2.05) is 35.7 Å². The molecule has 24 heavy (non-hydrogen) atoms. The van der Waals surface area contributed by atoms with Crippen LogP contribution in [0.4, 0.5) is 0 Å². The van der Waals surface area contributed by atoms with Gasteiger partial charge < -0.3 is 10.5 Å². The minimum atomic E-state index is -0.256. The summed E-state index contributed by atoms with van der Waals surface area (Å²) < 4.78 is 7.04. The monoisotopic (exact) mass is 337 g/mol. The Morgan fingerprint density at radius 3 is 2.92 bits per heavy atom. The van der Waals surface area contributed by atoms with Crippen LogP contribution in [0.2, 0.25) is 0 Å². The number of nitrogens with two attached hydrogens (primary N) is 1. The number of aromatic nitrogens is 4. The summed E-state index contributed by atoms with van der Waals surface area (Å²) >= 11 is 1.62. The van der Waals surface area contributed by atoms with Crippen LogP contribution in [0.3, 0.4) is 0 Å². The third-order valence-corrected chi connectivity index (χ3v) is 4.75. The summed E-state index contributed by atoms with van der Waals surface area (Å²) in [5.74, 6) is 0.689. The number of fused-ring (bicyclic) bond motifs is 1. The molecule has 0 aliphatic rings. The molecule has 4 aromatic heterocycles. The first-order chi connectivity index (χ1) is 11.8. The summed E-state index contributed by atoms with van der Waals surface area (Å²) in [5.41, 5.74) is 9.62. The maximum absolute atomic E-state index is 6.34. The van der Waals surface area contributed by atoms with E-state index in [-0.39, 0.29) is 6.04 Å². The number of ether oxygens (including phenoxy) is 1. The van der Waals surface area contributed by atoms with Crippen molar-refractivity contribution in [1.29, 1.82) is 0 Å². The van der Waals surface area contributed by atoms with E-state index in [1.165, 1.54) is 0 Å². The van der Waals surface area contributed by atoms with Gasteiger partial charge in [0.2, 0.25) is 0 Å². The predicted molar refractivity (Wildman–Crippen MR) is 93.1 cm³/mol. The highest BCUT2D eigenvalue weighted by Crippen LogP contribution is 2.26. The number of pyridine rings is 1. The average molecular weight is 337 g/mol. The molecule has 0 aliphatic carbocycles. The molecule has 1 atom stereocenters. The lowest BCUT2D eigenvalue weighted by atomic mass is 10.2. The van der Waals surface area contributed by atoms with E-state index in [1.54, 1.807) is 41.6 Å². The van der Waals surface area contributed by atoms with Crippen LogP contribution < -0.4 is 10.5 Å². The van der Waals surface area contributed by atoms with Crippen molar-refractivity contribution in [3.8, 4) is 17.0 Å². The maximum Gasteiger partial charge on any atom is 0.154 e. The normalized spacial score (nSPS) is 12.4. The van der Waals surface area contributed by atoms with Gasteiger partial charge in [0.05, 0.1) is 36.9 Å². The Morgan fingerprint density at radius 2 is 2.12 bits per heavy atom. The van der Waals surface area contributed by atoms with Gasteiger partial charge in [0, 0.05) is 16.6 Å². The molecule has 0 amide bonds. The fourth-order valence-electron chi connectivity index (χ4n) is 2.53. The van der Waals surface area contributed by atoms with Gasteiger partial charge >= 0.3 is 0 Å². The van der Waals surface area contributed by atoms with Crippen LogP contribution >= 0.6 is 11.3 Å². The second-order valence-corrected chi connectivity index (χ2v) is 6.26. The Bertz CT molecular complexity index is 980. The lowest BCUT2D eigenvalue weighted by Gasteiger charge is -2.10. The molecule has 0 fully saturated rings. The second kappa shape index (κ2) is 6.03. The smallest absolute Gasteiger partial charge is 0.154 e. The van der Waals surface area contributed by atoms with Crippen LogP contribution in [0.25, 0.3) is 16.9 Å². The van der Waals surface area contributed by atoms with Crippen molar-refractivity contribution in [3.05, 3.63) is 64.9 Å². The zero-order valence-corrected chi connectivity index (χ0v) is 13.8. The van der Waals surface area contributed by atoms with E-state index >= 15 is 0 Å². The Hall–Kier alpha value is -2.77. The summed E-state index contributed by atoms with van der Waals surface area (Å²) in [6.45, 7) is 0. The fraction of sp³-hybridized carbons (Fsp3) is 0.118. The second-order valence-electron chi connectivity index (χ2n) is 5.28. The highest BCUT2D eigenvalue weighted by Gasteiger charge is 2.15. The van der Waals surface area contributed by atoms with Gasteiger partial charge in [0.25, 0.3) is 0 Å². The van der Waals surface area contributed by atoms with Gasteiger partial charge in [-0.05, 0) is 29.6 Å². The maximum atomic E-state index is 6.34. The first kappa shape index (κ1) is 14.8. The summed E-state index contributed by atoms with van der Waals surface area (Å²) in [5, 5.41) is 6.70. The van der Waals surface area contributed by atoms with Gasteiger partial charge in [-0.2, -0.15) is 5.10 Å². The molecule has 0 radical (unpaired) electrons. The molecule has 0 bridgehead atoms. The van der Waals surface area contributed by atoms with Crippen LogP contribution in [0.5, 0.6) is 5.75 Å². The highest BCUT2D eigenvalue weighted by atomic mass is 32.1. The first-order valence-electron chi connectivity index (χ1n) is 7.39. The van der Waals surface area contributed by atoms with Crippen LogP contribution in [-0.2, 0) is 0 Å². The summed E-state index contributed by atoms with van der Waals surface area (Å²) in [6, 6.07) is 9.50. The zero-order valence-electron chi connectivity index (χ0n) is 13.0. The van der Waals surface area contributed by atoms with E-state index in [0.717, 1.165) is 27.5 Å². The van der Waals surface area contributed by atoms with E-state index in [9.17, 15) is 0 Å².